The zero-order chi connectivity index (χ0) is 12.9. The molecule has 0 saturated heterocycles. The van der Waals surface area contributed by atoms with Crippen LogP contribution in [0.15, 0.2) is 24.3 Å². The Balaban J connectivity index is 3.11. The average Bonchev–Trinajstić information content (AvgIpc) is 2.28. The minimum absolute atomic E-state index is 0.369. The summed E-state index contributed by atoms with van der Waals surface area (Å²) in [5.74, 6) is 0.416. The third-order valence-corrected chi connectivity index (χ3v) is 2.27. The fourth-order valence-corrected chi connectivity index (χ4v) is 1.41. The number of alkyl halides is 4. The van der Waals surface area contributed by atoms with Gasteiger partial charge in [-0.05, 0) is 24.1 Å². The average molecular weight is 260 g/mol. The summed E-state index contributed by atoms with van der Waals surface area (Å²) >= 11 is 5.44. The molecule has 0 radical (unpaired) electrons. The minimum atomic E-state index is -4.51. The fourth-order valence-electron chi connectivity index (χ4n) is 1.28. The highest BCUT2D eigenvalue weighted by atomic mass is 35.5. The van der Waals surface area contributed by atoms with Crippen molar-refractivity contribution in [1.29, 1.82) is 5.26 Å². The molecule has 0 aliphatic rings. The van der Waals surface area contributed by atoms with E-state index in [9.17, 15) is 13.2 Å². The Labute approximate surface area is 102 Å². The van der Waals surface area contributed by atoms with E-state index in [1.165, 1.54) is 18.2 Å². The lowest BCUT2D eigenvalue weighted by Gasteiger charge is -2.09. The maximum absolute atomic E-state index is 12.6. The lowest BCUT2D eigenvalue weighted by atomic mass is 10.0. The highest BCUT2D eigenvalue weighted by molar-refractivity contribution is 6.17. The molecule has 0 aromatic heterocycles. The van der Waals surface area contributed by atoms with E-state index in [-0.39, 0.29) is 5.56 Å². The van der Waals surface area contributed by atoms with Crippen molar-refractivity contribution in [2.45, 2.75) is 12.6 Å². The number of benzene rings is 1. The van der Waals surface area contributed by atoms with Gasteiger partial charge in [0.1, 0.15) is 0 Å². The minimum Gasteiger partial charge on any atom is -0.192 e. The number of allylic oxidation sites excluding steroid dienone is 1. The van der Waals surface area contributed by atoms with Crippen molar-refractivity contribution in [2.24, 2.45) is 0 Å². The van der Waals surface area contributed by atoms with E-state index in [0.29, 0.717) is 17.9 Å². The third-order valence-electron chi connectivity index (χ3n) is 2.06. The largest absolute Gasteiger partial charge is 0.417 e. The predicted octanol–water partition coefficient (Wildman–Crippen LogP) is 4.22. The lowest BCUT2D eigenvalue weighted by molar-refractivity contribution is -0.137. The Morgan fingerprint density at radius 2 is 2.06 bits per heavy atom. The van der Waals surface area contributed by atoms with Crippen LogP contribution < -0.4 is 0 Å². The summed E-state index contributed by atoms with van der Waals surface area (Å²) in [6, 6.07) is 5.13. The number of halogens is 4. The third kappa shape index (κ3) is 3.79. The van der Waals surface area contributed by atoms with Crippen LogP contribution in [-0.4, -0.2) is 5.88 Å². The van der Waals surface area contributed by atoms with E-state index in [1.54, 1.807) is 12.2 Å². The SMILES string of the molecule is N#Cc1ccc(C=CCCCl)cc1C(F)(F)F. The van der Waals surface area contributed by atoms with Crippen LogP contribution in [0, 0.1) is 11.3 Å². The first-order valence-corrected chi connectivity index (χ1v) is 5.36. The Morgan fingerprint density at radius 1 is 1.35 bits per heavy atom. The van der Waals surface area contributed by atoms with Gasteiger partial charge in [0.15, 0.2) is 0 Å². The second kappa shape index (κ2) is 5.74. The summed E-state index contributed by atoms with van der Waals surface area (Å²) in [6.45, 7) is 0. The van der Waals surface area contributed by atoms with Crippen molar-refractivity contribution in [3.63, 3.8) is 0 Å². The van der Waals surface area contributed by atoms with Crippen molar-refractivity contribution in [3.05, 3.63) is 41.0 Å². The van der Waals surface area contributed by atoms with Crippen molar-refractivity contribution in [2.75, 3.05) is 5.88 Å². The second-order valence-corrected chi connectivity index (χ2v) is 3.67. The molecule has 0 spiro atoms. The van der Waals surface area contributed by atoms with Gasteiger partial charge in [0.2, 0.25) is 0 Å². The zero-order valence-corrected chi connectivity index (χ0v) is 9.52. The highest BCUT2D eigenvalue weighted by Crippen LogP contribution is 2.32. The Morgan fingerprint density at radius 3 is 2.59 bits per heavy atom. The molecule has 17 heavy (non-hydrogen) atoms. The van der Waals surface area contributed by atoms with Crippen LogP contribution in [0.1, 0.15) is 23.1 Å². The van der Waals surface area contributed by atoms with Crippen LogP contribution in [0.4, 0.5) is 13.2 Å². The summed E-state index contributed by atoms with van der Waals surface area (Å²) in [5.41, 5.74) is -0.874. The molecule has 5 heteroatoms. The van der Waals surface area contributed by atoms with Gasteiger partial charge >= 0.3 is 6.18 Å². The summed E-state index contributed by atoms with van der Waals surface area (Å²) in [6.07, 6.45) is -0.683. The van der Waals surface area contributed by atoms with E-state index in [0.717, 1.165) is 6.07 Å². The number of rotatable bonds is 3. The van der Waals surface area contributed by atoms with Gasteiger partial charge < -0.3 is 0 Å². The van der Waals surface area contributed by atoms with Crippen molar-refractivity contribution < 1.29 is 13.2 Å². The summed E-state index contributed by atoms with van der Waals surface area (Å²) in [5, 5.41) is 8.60. The molecule has 1 nitrogen and oxygen atoms in total. The van der Waals surface area contributed by atoms with Gasteiger partial charge in [-0.2, -0.15) is 18.4 Å². The monoisotopic (exact) mass is 259 g/mol. The van der Waals surface area contributed by atoms with Crippen molar-refractivity contribution in [3.8, 4) is 6.07 Å². The molecule has 0 fully saturated rings. The maximum atomic E-state index is 12.6. The molecule has 0 aliphatic carbocycles. The molecule has 0 amide bonds. The van der Waals surface area contributed by atoms with Crippen LogP contribution in [0.25, 0.3) is 6.08 Å². The molecule has 0 bridgehead atoms. The molecular formula is C12H9ClF3N. The van der Waals surface area contributed by atoms with Gasteiger partial charge in [-0.3, -0.25) is 0 Å². The molecule has 0 heterocycles. The molecular weight excluding hydrogens is 251 g/mol. The molecule has 0 saturated carbocycles. The number of hydrogen-bond donors (Lipinski definition) is 0. The van der Waals surface area contributed by atoms with Gasteiger partial charge in [-0.25, -0.2) is 0 Å². The van der Waals surface area contributed by atoms with Crippen LogP contribution in [0.3, 0.4) is 0 Å². The molecule has 0 atom stereocenters. The van der Waals surface area contributed by atoms with Crippen LogP contribution in [0.5, 0.6) is 0 Å². The molecule has 1 rings (SSSR count). The number of nitrogens with zero attached hydrogens (tertiary/aromatic N) is 1. The van der Waals surface area contributed by atoms with Gasteiger partial charge in [-0.15, -0.1) is 11.6 Å². The van der Waals surface area contributed by atoms with Crippen LogP contribution >= 0.6 is 11.6 Å². The Kier molecular flexibility index (Phi) is 4.59. The quantitative estimate of drug-likeness (QED) is 0.746. The standard InChI is InChI=1S/C12H9ClF3N/c13-6-2-1-3-9-4-5-10(8-17)11(7-9)12(14,15)16/h1,3-5,7H,2,6H2. The van der Waals surface area contributed by atoms with E-state index in [2.05, 4.69) is 0 Å². The van der Waals surface area contributed by atoms with Gasteiger partial charge in [-0.1, -0.05) is 18.2 Å². The molecule has 1 aromatic carbocycles. The Bertz CT molecular complexity index is 458. The fraction of sp³-hybridized carbons (Fsp3) is 0.250. The normalized spacial score (nSPS) is 11.7. The molecule has 90 valence electrons. The second-order valence-electron chi connectivity index (χ2n) is 3.29. The summed E-state index contributed by atoms with van der Waals surface area (Å²) in [7, 11) is 0. The lowest BCUT2D eigenvalue weighted by Crippen LogP contribution is -2.07. The number of nitriles is 1. The van der Waals surface area contributed by atoms with E-state index in [4.69, 9.17) is 16.9 Å². The first kappa shape index (κ1) is 13.6. The smallest absolute Gasteiger partial charge is 0.192 e. The topological polar surface area (TPSA) is 23.8 Å². The van der Waals surface area contributed by atoms with Crippen molar-refractivity contribution >= 4 is 17.7 Å². The highest BCUT2D eigenvalue weighted by Gasteiger charge is 2.33. The maximum Gasteiger partial charge on any atom is 0.417 e. The van der Waals surface area contributed by atoms with Gasteiger partial charge in [0.05, 0.1) is 17.2 Å². The van der Waals surface area contributed by atoms with Crippen molar-refractivity contribution in [1.82, 2.24) is 0 Å². The van der Waals surface area contributed by atoms with Gasteiger partial charge in [0.25, 0.3) is 0 Å². The zero-order valence-electron chi connectivity index (χ0n) is 8.76. The predicted molar refractivity (Wildman–Crippen MR) is 60.5 cm³/mol. The number of hydrogen-bond acceptors (Lipinski definition) is 1. The first-order chi connectivity index (χ1) is 7.99. The van der Waals surface area contributed by atoms with Crippen LogP contribution in [0.2, 0.25) is 0 Å². The Hall–Kier alpha value is -1.47. The first-order valence-electron chi connectivity index (χ1n) is 4.83. The van der Waals surface area contributed by atoms with E-state index in [1.807, 2.05) is 0 Å². The van der Waals surface area contributed by atoms with Crippen LogP contribution in [-0.2, 0) is 6.18 Å². The molecule has 0 N–H and O–H groups in total. The van der Waals surface area contributed by atoms with E-state index >= 15 is 0 Å². The summed E-state index contributed by atoms with van der Waals surface area (Å²) < 4.78 is 37.8. The van der Waals surface area contributed by atoms with E-state index < -0.39 is 11.7 Å². The molecule has 1 aromatic rings. The molecule has 0 aliphatic heterocycles. The van der Waals surface area contributed by atoms with Gasteiger partial charge in [0, 0.05) is 5.88 Å². The molecule has 0 unspecified atom stereocenters. The summed E-state index contributed by atoms with van der Waals surface area (Å²) in [4.78, 5) is 0.